The molecule has 0 saturated heterocycles. The molecular formula is C12H20NO4S. The highest BCUT2D eigenvalue weighted by Gasteiger charge is 2.28. The molecule has 1 atom stereocenters. The number of carbonyl (C=O) groups excluding carboxylic acids is 1. The van der Waals surface area contributed by atoms with Gasteiger partial charge in [0.25, 0.3) is 0 Å². The molecule has 0 aliphatic rings. The summed E-state index contributed by atoms with van der Waals surface area (Å²) in [6.45, 7) is 10.2. The van der Waals surface area contributed by atoms with Crippen LogP contribution in [0.15, 0.2) is 25.3 Å². The summed E-state index contributed by atoms with van der Waals surface area (Å²) in [6, 6.07) is 0. The molecule has 1 unspecified atom stereocenters. The topological polar surface area (TPSA) is 63.7 Å². The third kappa shape index (κ3) is 5.46. The largest absolute Gasteiger partial charge is 0.433 e. The van der Waals surface area contributed by atoms with Crippen LogP contribution in [0.1, 0.15) is 26.2 Å². The molecule has 0 bridgehead atoms. The molecule has 0 fully saturated rings. The molecule has 0 aromatic heterocycles. The van der Waals surface area contributed by atoms with Gasteiger partial charge in [-0.15, -0.1) is 6.58 Å². The Bertz CT molecular complexity index is 364. The number of hydrogen-bond donors (Lipinski definition) is 0. The minimum atomic E-state index is -3.50. The van der Waals surface area contributed by atoms with Crippen molar-refractivity contribution in [1.29, 1.82) is 0 Å². The lowest BCUT2D eigenvalue weighted by atomic mass is 10.3. The van der Waals surface area contributed by atoms with Crippen LogP contribution in [0.25, 0.3) is 0 Å². The molecule has 1 radical (unpaired) electrons. The molecule has 103 valence electrons. The van der Waals surface area contributed by atoms with Gasteiger partial charge in [-0.25, -0.2) is 13.2 Å². The van der Waals surface area contributed by atoms with E-state index in [0.717, 1.165) is 17.1 Å². The first kappa shape index (κ1) is 16.9. The van der Waals surface area contributed by atoms with Gasteiger partial charge in [-0.3, -0.25) is 0 Å². The van der Waals surface area contributed by atoms with Crippen LogP contribution in [-0.2, 0) is 19.6 Å². The van der Waals surface area contributed by atoms with E-state index in [1.807, 2.05) is 6.92 Å². The zero-order chi connectivity index (χ0) is 14.0. The van der Waals surface area contributed by atoms with Crippen LogP contribution in [0.2, 0.25) is 0 Å². The highest BCUT2D eigenvalue weighted by Crippen LogP contribution is 2.12. The van der Waals surface area contributed by atoms with Crippen molar-refractivity contribution in [3.8, 4) is 0 Å². The average molecular weight is 274 g/mol. The molecule has 0 N–H and O–H groups in total. The second kappa shape index (κ2) is 8.88. The third-order valence-corrected chi connectivity index (χ3v) is 4.20. The number of hydrogen-bond acceptors (Lipinski definition) is 4. The first-order valence-corrected chi connectivity index (χ1v) is 7.40. The molecule has 0 spiro atoms. The van der Waals surface area contributed by atoms with Crippen LogP contribution < -0.4 is 0 Å². The first-order valence-electron chi connectivity index (χ1n) is 5.79. The van der Waals surface area contributed by atoms with Crippen molar-refractivity contribution in [3.63, 3.8) is 0 Å². The smallest absolute Gasteiger partial charge is 0.419 e. The predicted octanol–water partition coefficient (Wildman–Crippen LogP) is 1.59. The fourth-order valence-corrected chi connectivity index (χ4v) is 3.01. The highest BCUT2D eigenvalue weighted by atomic mass is 32.2. The molecule has 0 aromatic carbocycles. The van der Waals surface area contributed by atoms with Gasteiger partial charge in [0.15, 0.2) is 6.23 Å². The van der Waals surface area contributed by atoms with Gasteiger partial charge in [0.05, 0.1) is 5.75 Å². The maximum Gasteiger partial charge on any atom is 0.419 e. The monoisotopic (exact) mass is 274 g/mol. The van der Waals surface area contributed by atoms with Crippen LogP contribution in [-0.4, -0.2) is 37.7 Å². The van der Waals surface area contributed by atoms with Crippen LogP contribution in [0.3, 0.4) is 0 Å². The van der Waals surface area contributed by atoms with E-state index in [1.54, 1.807) is 0 Å². The Morgan fingerprint density at radius 1 is 1.39 bits per heavy atom. The third-order valence-electron chi connectivity index (χ3n) is 2.33. The Kier molecular flexibility index (Phi) is 8.32. The maximum absolute atomic E-state index is 12.1. The van der Waals surface area contributed by atoms with Crippen molar-refractivity contribution >= 4 is 16.5 Å². The van der Waals surface area contributed by atoms with Crippen molar-refractivity contribution in [2.75, 3.05) is 12.3 Å². The molecular weight excluding hydrogens is 254 g/mol. The second-order valence-electron chi connectivity index (χ2n) is 3.71. The molecule has 5 nitrogen and oxygen atoms in total. The summed E-state index contributed by atoms with van der Waals surface area (Å²) in [4.78, 5) is 10.2. The Labute approximate surface area is 109 Å². The van der Waals surface area contributed by atoms with Gasteiger partial charge in [-0.05, 0) is 12.5 Å². The standard InChI is InChI=1S/C12H20NO4S/c1-4-7-8-10-18(15,16)13(9-5-2)12(6-3)17-11-14/h5-6,12H,2-4,7-10H2,1H3. The van der Waals surface area contributed by atoms with Gasteiger partial charge in [-0.2, -0.15) is 4.31 Å². The van der Waals surface area contributed by atoms with E-state index in [2.05, 4.69) is 17.9 Å². The molecule has 0 amide bonds. The summed E-state index contributed by atoms with van der Waals surface area (Å²) in [5, 5.41) is 0. The van der Waals surface area contributed by atoms with E-state index in [-0.39, 0.29) is 12.3 Å². The number of nitrogens with zero attached hydrogens (tertiary/aromatic N) is 1. The highest BCUT2D eigenvalue weighted by molar-refractivity contribution is 7.89. The maximum atomic E-state index is 12.1. The summed E-state index contributed by atoms with van der Waals surface area (Å²) in [7, 11) is -3.50. The van der Waals surface area contributed by atoms with Crippen LogP contribution in [0, 0.1) is 0 Å². The van der Waals surface area contributed by atoms with Crippen molar-refractivity contribution in [2.24, 2.45) is 0 Å². The summed E-state index contributed by atoms with van der Waals surface area (Å²) >= 11 is 0. The fraction of sp³-hybridized carbons (Fsp3) is 0.583. The summed E-state index contributed by atoms with van der Waals surface area (Å²) in [5.74, 6) is 0.0151. The molecule has 0 aliphatic carbocycles. The number of unbranched alkanes of at least 4 members (excludes halogenated alkanes) is 2. The SMILES string of the molecule is C=CCN(C(C=C)O[C]=O)S(=O)(=O)CCCCC. The minimum absolute atomic E-state index is 0.0151. The lowest BCUT2D eigenvalue weighted by Gasteiger charge is -2.25. The van der Waals surface area contributed by atoms with Crippen LogP contribution >= 0.6 is 0 Å². The van der Waals surface area contributed by atoms with Gasteiger partial charge in [-0.1, -0.05) is 32.4 Å². The Morgan fingerprint density at radius 2 is 2.06 bits per heavy atom. The molecule has 0 aromatic rings. The Hall–Kier alpha value is -1.14. The van der Waals surface area contributed by atoms with E-state index in [0.29, 0.717) is 6.42 Å². The fourth-order valence-electron chi connectivity index (χ4n) is 1.43. The van der Waals surface area contributed by atoms with Crippen molar-refractivity contribution in [2.45, 2.75) is 32.4 Å². The molecule has 18 heavy (non-hydrogen) atoms. The number of ether oxygens (including phenoxy) is 1. The van der Waals surface area contributed by atoms with Gasteiger partial charge in [0.1, 0.15) is 0 Å². The van der Waals surface area contributed by atoms with E-state index in [9.17, 15) is 13.2 Å². The zero-order valence-electron chi connectivity index (χ0n) is 10.7. The van der Waals surface area contributed by atoms with Crippen LogP contribution in [0.4, 0.5) is 0 Å². The molecule has 0 rings (SSSR count). The zero-order valence-corrected chi connectivity index (χ0v) is 11.5. The van der Waals surface area contributed by atoms with E-state index < -0.39 is 16.3 Å². The van der Waals surface area contributed by atoms with Crippen LogP contribution in [0.5, 0.6) is 0 Å². The molecule has 0 heterocycles. The molecule has 0 aliphatic heterocycles. The summed E-state index contributed by atoms with van der Waals surface area (Å²) in [6.07, 6.45) is 3.97. The Morgan fingerprint density at radius 3 is 2.50 bits per heavy atom. The van der Waals surface area contributed by atoms with Gasteiger partial charge < -0.3 is 4.74 Å². The number of sulfonamides is 1. The summed E-state index contributed by atoms with van der Waals surface area (Å²) in [5.41, 5.74) is 0. The van der Waals surface area contributed by atoms with E-state index in [4.69, 9.17) is 0 Å². The molecule has 6 heteroatoms. The quantitative estimate of drug-likeness (QED) is 0.326. The Balaban J connectivity index is 4.88. The minimum Gasteiger partial charge on any atom is -0.433 e. The normalized spacial score (nSPS) is 13.0. The van der Waals surface area contributed by atoms with E-state index in [1.165, 1.54) is 18.6 Å². The average Bonchev–Trinajstić information content (AvgIpc) is 2.33. The van der Waals surface area contributed by atoms with Crippen molar-refractivity contribution < 1.29 is 17.9 Å². The molecule has 0 saturated carbocycles. The van der Waals surface area contributed by atoms with Gasteiger partial charge >= 0.3 is 6.47 Å². The summed E-state index contributed by atoms with van der Waals surface area (Å²) < 4.78 is 29.8. The lowest BCUT2D eigenvalue weighted by molar-refractivity contribution is 0.120. The van der Waals surface area contributed by atoms with Gasteiger partial charge in [0, 0.05) is 6.54 Å². The van der Waals surface area contributed by atoms with Crippen molar-refractivity contribution in [3.05, 3.63) is 25.3 Å². The van der Waals surface area contributed by atoms with Gasteiger partial charge in [0.2, 0.25) is 10.0 Å². The second-order valence-corrected chi connectivity index (χ2v) is 5.75. The van der Waals surface area contributed by atoms with Crippen molar-refractivity contribution in [1.82, 2.24) is 4.31 Å². The predicted molar refractivity (Wildman–Crippen MR) is 71.0 cm³/mol. The number of rotatable bonds is 11. The lowest BCUT2D eigenvalue weighted by Crippen LogP contribution is -2.42. The first-order chi connectivity index (χ1) is 8.53. The van der Waals surface area contributed by atoms with E-state index >= 15 is 0 Å².